The van der Waals surface area contributed by atoms with Gasteiger partial charge in [0.2, 0.25) is 0 Å². The van der Waals surface area contributed by atoms with Crippen molar-refractivity contribution in [3.8, 4) is 11.5 Å². The van der Waals surface area contributed by atoms with Crippen molar-refractivity contribution in [1.29, 1.82) is 0 Å². The van der Waals surface area contributed by atoms with Gasteiger partial charge in [-0.15, -0.1) is 0 Å². The predicted molar refractivity (Wildman–Crippen MR) is 155 cm³/mol. The number of nitrogens with zero attached hydrogens (tertiary/aromatic N) is 3. The van der Waals surface area contributed by atoms with Crippen molar-refractivity contribution in [2.45, 2.75) is 26.8 Å². The third-order valence-electron chi connectivity index (χ3n) is 6.67. The summed E-state index contributed by atoms with van der Waals surface area (Å²) in [5, 5.41) is 0. The highest BCUT2D eigenvalue weighted by Crippen LogP contribution is 2.36. The smallest absolute Gasteiger partial charge is 0.338 e. The molecule has 10 nitrogen and oxygen atoms in total. The summed E-state index contributed by atoms with van der Waals surface area (Å²) in [6.45, 7) is 12.7. The monoisotopic (exact) mass is 579 g/mol. The van der Waals surface area contributed by atoms with Crippen LogP contribution in [0, 0.1) is 0 Å². The number of anilines is 1. The molecule has 1 unspecified atom stereocenters. The largest absolute Gasteiger partial charge is 0.490 e. The van der Waals surface area contributed by atoms with E-state index in [2.05, 4.69) is 16.5 Å². The van der Waals surface area contributed by atoms with E-state index in [0.717, 1.165) is 19.0 Å². The van der Waals surface area contributed by atoms with Gasteiger partial charge >= 0.3 is 5.97 Å². The number of benzene rings is 1. The number of aromatic nitrogens is 1. The molecule has 0 bridgehead atoms. The van der Waals surface area contributed by atoms with Crippen molar-refractivity contribution in [3.63, 3.8) is 0 Å². The van der Waals surface area contributed by atoms with Gasteiger partial charge in [-0.3, -0.25) is 9.36 Å². The number of carbonyl (C=O) groups is 1. The lowest BCUT2D eigenvalue weighted by atomic mass is 9.95. The van der Waals surface area contributed by atoms with Crippen molar-refractivity contribution in [2.75, 3.05) is 51.0 Å². The molecule has 2 aliphatic rings. The van der Waals surface area contributed by atoms with Crippen molar-refractivity contribution in [3.05, 3.63) is 85.3 Å². The number of hydrogen-bond acceptors (Lipinski definition) is 10. The lowest BCUT2D eigenvalue weighted by Gasteiger charge is -2.26. The molecule has 2 aliphatic heterocycles. The number of morpholine rings is 1. The van der Waals surface area contributed by atoms with Crippen LogP contribution in [0.25, 0.3) is 6.08 Å². The van der Waals surface area contributed by atoms with Crippen LogP contribution in [0.15, 0.2) is 68.5 Å². The van der Waals surface area contributed by atoms with Gasteiger partial charge in [-0.25, -0.2) is 9.79 Å². The van der Waals surface area contributed by atoms with Crippen LogP contribution in [-0.2, 0) is 14.3 Å². The maximum absolute atomic E-state index is 13.9. The van der Waals surface area contributed by atoms with Gasteiger partial charge in [-0.1, -0.05) is 30.1 Å². The van der Waals surface area contributed by atoms with Crippen LogP contribution in [0.2, 0.25) is 0 Å². The average molecular weight is 580 g/mol. The van der Waals surface area contributed by atoms with E-state index in [1.165, 1.54) is 15.9 Å². The van der Waals surface area contributed by atoms with E-state index in [0.29, 0.717) is 69.9 Å². The molecule has 1 aromatic carbocycles. The van der Waals surface area contributed by atoms with Gasteiger partial charge in [0.25, 0.3) is 5.56 Å². The summed E-state index contributed by atoms with van der Waals surface area (Å²) >= 11 is 1.24. The van der Waals surface area contributed by atoms with Gasteiger partial charge in [0.05, 0.1) is 48.3 Å². The zero-order valence-electron chi connectivity index (χ0n) is 23.4. The zero-order valence-corrected chi connectivity index (χ0v) is 24.2. The molecule has 5 rings (SSSR count). The predicted octanol–water partition coefficient (Wildman–Crippen LogP) is 3.19. The second-order valence-electron chi connectivity index (χ2n) is 9.32. The van der Waals surface area contributed by atoms with Crippen LogP contribution in [0.1, 0.15) is 38.1 Å². The molecule has 0 amide bonds. The molecule has 0 saturated carbocycles. The standard InChI is InChI=1S/C30H33N3O7S/c1-5-14-39-22-10-8-20(17-23(22)37-6-2)27-26(29(35)38-7-3)19(4)31-30-33(27)28(34)24(41-30)18-21-9-11-25(40-21)32-12-15-36-16-13-32/h5,8-11,17-18,27H,1,6-7,12-16H2,2-4H3/b24-18+. The van der Waals surface area contributed by atoms with E-state index in [4.69, 9.17) is 23.4 Å². The lowest BCUT2D eigenvalue weighted by molar-refractivity contribution is -0.139. The van der Waals surface area contributed by atoms with Crippen molar-refractivity contribution in [1.82, 2.24) is 4.57 Å². The Bertz CT molecular complexity index is 1640. The molecule has 0 spiro atoms. The van der Waals surface area contributed by atoms with E-state index in [9.17, 15) is 9.59 Å². The number of fused-ring (bicyclic) bond motifs is 1. The number of hydrogen-bond donors (Lipinski definition) is 0. The number of ether oxygens (including phenoxy) is 4. The van der Waals surface area contributed by atoms with Gasteiger partial charge in [0, 0.05) is 25.2 Å². The summed E-state index contributed by atoms with van der Waals surface area (Å²) in [6.07, 6.45) is 3.36. The number of rotatable bonds is 10. The van der Waals surface area contributed by atoms with Crippen LogP contribution < -0.4 is 29.3 Å². The third-order valence-corrected chi connectivity index (χ3v) is 7.65. The fourth-order valence-corrected chi connectivity index (χ4v) is 5.87. The van der Waals surface area contributed by atoms with Crippen LogP contribution in [0.5, 0.6) is 11.5 Å². The Morgan fingerprint density at radius 3 is 2.68 bits per heavy atom. The first-order valence-corrected chi connectivity index (χ1v) is 14.4. The maximum Gasteiger partial charge on any atom is 0.338 e. The maximum atomic E-state index is 13.9. The molecule has 216 valence electrons. The second-order valence-corrected chi connectivity index (χ2v) is 10.3. The van der Waals surface area contributed by atoms with Crippen LogP contribution >= 0.6 is 11.3 Å². The zero-order chi connectivity index (χ0) is 28.9. The SMILES string of the molecule is C=CCOc1ccc(C2C(C(=O)OCC)=C(C)N=c3s/c(=C/c4ccc(N5CCOCC5)o4)c(=O)n32)cc1OCC. The minimum absolute atomic E-state index is 0.190. The van der Waals surface area contributed by atoms with Crippen molar-refractivity contribution < 1.29 is 28.2 Å². The summed E-state index contributed by atoms with van der Waals surface area (Å²) in [5.41, 5.74) is 1.15. The number of allylic oxidation sites excluding steroid dienone is 1. The molecule has 0 aliphatic carbocycles. The third kappa shape index (κ3) is 5.86. The first-order chi connectivity index (χ1) is 19.9. The molecule has 1 fully saturated rings. The highest BCUT2D eigenvalue weighted by atomic mass is 32.1. The molecule has 1 atom stereocenters. The first kappa shape index (κ1) is 28.4. The van der Waals surface area contributed by atoms with Crippen LogP contribution in [-0.4, -0.2) is 56.7 Å². The number of carbonyl (C=O) groups excluding carboxylic acids is 1. The fraction of sp³-hybridized carbons (Fsp3) is 0.367. The topological polar surface area (TPSA) is 105 Å². The number of esters is 1. The molecular formula is C30H33N3O7S. The first-order valence-electron chi connectivity index (χ1n) is 13.6. The summed E-state index contributed by atoms with van der Waals surface area (Å²) < 4.78 is 30.5. The Labute approximate surface area is 241 Å². The lowest BCUT2D eigenvalue weighted by Crippen LogP contribution is -2.40. The normalized spacial score (nSPS) is 17.2. The van der Waals surface area contributed by atoms with Gasteiger partial charge in [-0.05, 0) is 44.5 Å². The number of thiazole rings is 1. The molecular weight excluding hydrogens is 546 g/mol. The van der Waals surface area contributed by atoms with E-state index in [1.807, 2.05) is 25.1 Å². The quantitative estimate of drug-likeness (QED) is 0.267. The van der Waals surface area contributed by atoms with E-state index < -0.39 is 12.0 Å². The minimum atomic E-state index is -0.777. The van der Waals surface area contributed by atoms with Gasteiger partial charge < -0.3 is 28.3 Å². The summed E-state index contributed by atoms with van der Waals surface area (Å²) in [5.74, 6) is 1.79. The molecule has 0 N–H and O–H groups in total. The number of furan rings is 1. The molecule has 0 radical (unpaired) electrons. The van der Waals surface area contributed by atoms with E-state index in [1.54, 1.807) is 38.1 Å². The van der Waals surface area contributed by atoms with Gasteiger partial charge in [0.15, 0.2) is 22.2 Å². The summed E-state index contributed by atoms with van der Waals surface area (Å²) in [7, 11) is 0. The molecule has 3 aromatic rings. The Hall–Kier alpha value is -4.09. The van der Waals surface area contributed by atoms with Gasteiger partial charge in [-0.2, -0.15) is 0 Å². The van der Waals surface area contributed by atoms with Crippen molar-refractivity contribution >= 4 is 29.3 Å². The minimum Gasteiger partial charge on any atom is -0.490 e. The Morgan fingerprint density at radius 1 is 1.15 bits per heavy atom. The van der Waals surface area contributed by atoms with Crippen LogP contribution in [0.4, 0.5) is 5.88 Å². The average Bonchev–Trinajstić information content (AvgIpc) is 3.56. The summed E-state index contributed by atoms with van der Waals surface area (Å²) in [4.78, 5) is 34.4. The molecule has 11 heteroatoms. The molecule has 41 heavy (non-hydrogen) atoms. The Balaban J connectivity index is 1.61. The van der Waals surface area contributed by atoms with Crippen LogP contribution in [0.3, 0.4) is 0 Å². The highest BCUT2D eigenvalue weighted by molar-refractivity contribution is 7.07. The molecule has 4 heterocycles. The summed E-state index contributed by atoms with van der Waals surface area (Å²) in [6, 6.07) is 8.34. The Kier molecular flexibility index (Phi) is 8.75. The Morgan fingerprint density at radius 2 is 1.95 bits per heavy atom. The van der Waals surface area contributed by atoms with Gasteiger partial charge in [0.1, 0.15) is 12.4 Å². The second kappa shape index (κ2) is 12.6. The van der Waals surface area contributed by atoms with Crippen molar-refractivity contribution in [2.24, 2.45) is 4.99 Å². The molecule has 2 aromatic heterocycles. The van der Waals surface area contributed by atoms with E-state index in [-0.39, 0.29) is 12.2 Å². The van der Waals surface area contributed by atoms with E-state index >= 15 is 0 Å². The fourth-order valence-electron chi connectivity index (χ4n) is 4.84. The highest BCUT2D eigenvalue weighted by Gasteiger charge is 2.34. The molecule has 1 saturated heterocycles.